The number of aliphatic carboxylic acids is 1. The Balaban J connectivity index is 2.75. The molecule has 1 amide bonds. The van der Waals surface area contributed by atoms with Crippen molar-refractivity contribution >= 4 is 11.9 Å². The Morgan fingerprint density at radius 2 is 1.84 bits per heavy atom. The van der Waals surface area contributed by atoms with E-state index >= 15 is 0 Å². The van der Waals surface area contributed by atoms with Gasteiger partial charge in [-0.1, -0.05) is 33.6 Å². The van der Waals surface area contributed by atoms with Crippen LogP contribution in [0.3, 0.4) is 0 Å². The number of rotatable bonds is 5. The highest BCUT2D eigenvalue weighted by Gasteiger charge is 2.35. The molecule has 1 rings (SSSR count). The van der Waals surface area contributed by atoms with Crippen LogP contribution in [0.15, 0.2) is 0 Å². The largest absolute Gasteiger partial charge is 0.481 e. The molecule has 19 heavy (non-hydrogen) atoms. The zero-order valence-corrected chi connectivity index (χ0v) is 12.6. The van der Waals surface area contributed by atoms with E-state index in [1.165, 1.54) is 0 Å². The van der Waals surface area contributed by atoms with E-state index in [9.17, 15) is 9.59 Å². The number of nitrogens with zero attached hydrogens (tertiary/aromatic N) is 1. The lowest BCUT2D eigenvalue weighted by Gasteiger charge is -2.39. The number of piperidine rings is 1. The molecule has 3 unspecified atom stereocenters. The maximum absolute atomic E-state index is 12.6. The van der Waals surface area contributed by atoms with Crippen LogP contribution in [0.2, 0.25) is 0 Å². The molecule has 1 fully saturated rings. The standard InChI is InChI=1S/C15H27NO3/c1-5-12(6-2)11(4)14(17)16-9-13(15(18)19)8-7-10(16)3/h10-13H,5-9H2,1-4H3,(H,18,19). The van der Waals surface area contributed by atoms with Gasteiger partial charge in [-0.05, 0) is 25.7 Å². The summed E-state index contributed by atoms with van der Waals surface area (Å²) in [6.45, 7) is 8.60. The van der Waals surface area contributed by atoms with Gasteiger partial charge in [0.05, 0.1) is 5.92 Å². The second-order valence-electron chi connectivity index (χ2n) is 5.82. The Morgan fingerprint density at radius 1 is 1.26 bits per heavy atom. The molecule has 4 nitrogen and oxygen atoms in total. The maximum atomic E-state index is 12.6. The molecule has 0 aliphatic carbocycles. The fraction of sp³-hybridized carbons (Fsp3) is 0.867. The Labute approximate surface area is 116 Å². The molecule has 110 valence electrons. The van der Waals surface area contributed by atoms with E-state index in [1.807, 2.05) is 13.8 Å². The number of hydrogen-bond donors (Lipinski definition) is 1. The van der Waals surface area contributed by atoms with E-state index in [4.69, 9.17) is 5.11 Å². The van der Waals surface area contributed by atoms with E-state index in [1.54, 1.807) is 4.90 Å². The van der Waals surface area contributed by atoms with Crippen LogP contribution < -0.4 is 0 Å². The zero-order chi connectivity index (χ0) is 14.6. The second kappa shape index (κ2) is 6.92. The van der Waals surface area contributed by atoms with Crippen molar-refractivity contribution in [2.45, 2.75) is 59.4 Å². The third-order valence-electron chi connectivity index (χ3n) is 4.66. The fourth-order valence-corrected chi connectivity index (χ4v) is 3.07. The lowest BCUT2D eigenvalue weighted by Crippen LogP contribution is -2.50. The quantitative estimate of drug-likeness (QED) is 0.835. The summed E-state index contributed by atoms with van der Waals surface area (Å²) < 4.78 is 0. The van der Waals surface area contributed by atoms with Crippen LogP contribution in [-0.2, 0) is 9.59 Å². The summed E-state index contributed by atoms with van der Waals surface area (Å²) in [5.41, 5.74) is 0. The van der Waals surface area contributed by atoms with Crippen LogP contribution in [0, 0.1) is 17.8 Å². The van der Waals surface area contributed by atoms with Crippen molar-refractivity contribution in [1.29, 1.82) is 0 Å². The summed E-state index contributed by atoms with van der Waals surface area (Å²) in [5, 5.41) is 9.13. The van der Waals surface area contributed by atoms with Gasteiger partial charge in [0.1, 0.15) is 0 Å². The van der Waals surface area contributed by atoms with Gasteiger partial charge in [-0.2, -0.15) is 0 Å². The number of amides is 1. The van der Waals surface area contributed by atoms with E-state index in [0.717, 1.165) is 19.3 Å². The second-order valence-corrected chi connectivity index (χ2v) is 5.82. The molecule has 3 atom stereocenters. The van der Waals surface area contributed by atoms with Crippen molar-refractivity contribution in [2.75, 3.05) is 6.54 Å². The topological polar surface area (TPSA) is 57.6 Å². The van der Waals surface area contributed by atoms with Gasteiger partial charge in [-0.3, -0.25) is 9.59 Å². The third-order valence-corrected chi connectivity index (χ3v) is 4.66. The summed E-state index contributed by atoms with van der Waals surface area (Å²) in [5.74, 6) is -0.656. The number of carbonyl (C=O) groups is 2. The van der Waals surface area contributed by atoms with Gasteiger partial charge in [0, 0.05) is 18.5 Å². The Bertz CT molecular complexity index is 325. The van der Waals surface area contributed by atoms with Crippen LogP contribution in [0.5, 0.6) is 0 Å². The lowest BCUT2D eigenvalue weighted by atomic mass is 9.86. The Hall–Kier alpha value is -1.06. The number of carbonyl (C=O) groups excluding carboxylic acids is 1. The number of carboxylic acids is 1. The first kappa shape index (κ1) is 16.0. The molecule has 0 aromatic carbocycles. The molecular formula is C15H27NO3. The zero-order valence-electron chi connectivity index (χ0n) is 12.6. The molecule has 0 bridgehead atoms. The van der Waals surface area contributed by atoms with Crippen LogP contribution in [-0.4, -0.2) is 34.5 Å². The molecule has 0 saturated carbocycles. The number of carboxylic acid groups (broad SMARTS) is 1. The average molecular weight is 269 g/mol. The number of hydrogen-bond acceptors (Lipinski definition) is 2. The Kier molecular flexibility index (Phi) is 5.83. The smallest absolute Gasteiger partial charge is 0.308 e. The number of likely N-dealkylation sites (tertiary alicyclic amines) is 1. The van der Waals surface area contributed by atoms with E-state index < -0.39 is 11.9 Å². The van der Waals surface area contributed by atoms with Crippen LogP contribution in [0.25, 0.3) is 0 Å². The molecule has 0 radical (unpaired) electrons. The lowest BCUT2D eigenvalue weighted by molar-refractivity contribution is -0.149. The van der Waals surface area contributed by atoms with Gasteiger partial charge in [0.25, 0.3) is 0 Å². The highest BCUT2D eigenvalue weighted by Crippen LogP contribution is 2.27. The summed E-state index contributed by atoms with van der Waals surface area (Å²) in [7, 11) is 0. The third kappa shape index (κ3) is 3.71. The van der Waals surface area contributed by atoms with Crippen molar-refractivity contribution in [3.63, 3.8) is 0 Å². The molecule has 0 spiro atoms. The summed E-state index contributed by atoms with van der Waals surface area (Å²) in [4.78, 5) is 25.5. The van der Waals surface area contributed by atoms with Crippen LogP contribution in [0.4, 0.5) is 0 Å². The van der Waals surface area contributed by atoms with Crippen molar-refractivity contribution in [1.82, 2.24) is 4.90 Å². The molecule has 0 aromatic heterocycles. The molecule has 1 N–H and O–H groups in total. The minimum Gasteiger partial charge on any atom is -0.481 e. The van der Waals surface area contributed by atoms with Crippen LogP contribution in [0.1, 0.15) is 53.4 Å². The van der Waals surface area contributed by atoms with E-state index in [0.29, 0.717) is 18.9 Å². The SMILES string of the molecule is CCC(CC)C(C)C(=O)N1CC(C(=O)O)CCC1C. The molecule has 4 heteroatoms. The van der Waals surface area contributed by atoms with E-state index in [2.05, 4.69) is 13.8 Å². The van der Waals surface area contributed by atoms with E-state index in [-0.39, 0.29) is 17.9 Å². The highest BCUT2D eigenvalue weighted by molar-refractivity contribution is 5.80. The first-order chi connectivity index (χ1) is 8.92. The minimum atomic E-state index is -0.778. The van der Waals surface area contributed by atoms with Gasteiger partial charge in [0.15, 0.2) is 0 Å². The summed E-state index contributed by atoms with van der Waals surface area (Å²) >= 11 is 0. The van der Waals surface area contributed by atoms with Gasteiger partial charge in [-0.25, -0.2) is 0 Å². The molecule has 0 aromatic rings. The monoisotopic (exact) mass is 269 g/mol. The summed E-state index contributed by atoms with van der Waals surface area (Å²) in [6.07, 6.45) is 3.46. The molecular weight excluding hydrogens is 242 g/mol. The maximum Gasteiger partial charge on any atom is 0.308 e. The minimum absolute atomic E-state index is 0.00926. The van der Waals surface area contributed by atoms with Crippen molar-refractivity contribution in [3.05, 3.63) is 0 Å². The van der Waals surface area contributed by atoms with Crippen molar-refractivity contribution in [3.8, 4) is 0 Å². The molecule has 1 aliphatic heterocycles. The van der Waals surface area contributed by atoms with Gasteiger partial charge in [0.2, 0.25) is 5.91 Å². The summed E-state index contributed by atoms with van der Waals surface area (Å²) in [6, 6.07) is 0.167. The normalized spacial score (nSPS) is 25.4. The molecule has 1 aliphatic rings. The van der Waals surface area contributed by atoms with Crippen LogP contribution >= 0.6 is 0 Å². The Morgan fingerprint density at radius 3 is 2.32 bits per heavy atom. The van der Waals surface area contributed by atoms with Gasteiger partial charge >= 0.3 is 5.97 Å². The van der Waals surface area contributed by atoms with Gasteiger partial charge < -0.3 is 10.0 Å². The average Bonchev–Trinajstić information content (AvgIpc) is 2.39. The first-order valence-electron chi connectivity index (χ1n) is 7.45. The van der Waals surface area contributed by atoms with Crippen molar-refractivity contribution in [2.24, 2.45) is 17.8 Å². The highest BCUT2D eigenvalue weighted by atomic mass is 16.4. The first-order valence-corrected chi connectivity index (χ1v) is 7.45. The predicted molar refractivity (Wildman–Crippen MR) is 74.8 cm³/mol. The van der Waals surface area contributed by atoms with Crippen molar-refractivity contribution < 1.29 is 14.7 Å². The fourth-order valence-electron chi connectivity index (χ4n) is 3.07. The predicted octanol–water partition coefficient (Wildman–Crippen LogP) is 2.77. The van der Waals surface area contributed by atoms with Gasteiger partial charge in [-0.15, -0.1) is 0 Å². The molecule has 1 saturated heterocycles. The molecule has 1 heterocycles.